The average molecular weight is 346 g/mol. The minimum atomic E-state index is -0.216. The van der Waals surface area contributed by atoms with Gasteiger partial charge >= 0.3 is 0 Å². The summed E-state index contributed by atoms with van der Waals surface area (Å²) in [6.07, 6.45) is 5.19. The fourth-order valence-corrected chi connectivity index (χ4v) is 3.07. The van der Waals surface area contributed by atoms with E-state index >= 15 is 0 Å². The predicted molar refractivity (Wildman–Crippen MR) is 97.8 cm³/mol. The maximum atomic E-state index is 12.1. The van der Waals surface area contributed by atoms with Crippen LogP contribution in [0, 0.1) is 0 Å². The zero-order valence-electron chi connectivity index (χ0n) is 13.0. The molecular formula is C17H18N2O2S2. The molecule has 0 bridgehead atoms. The van der Waals surface area contributed by atoms with E-state index in [0.717, 1.165) is 15.5 Å². The third-order valence-corrected chi connectivity index (χ3v) is 4.70. The van der Waals surface area contributed by atoms with Crippen molar-refractivity contribution in [3.8, 4) is 0 Å². The van der Waals surface area contributed by atoms with Gasteiger partial charge < -0.3 is 10.2 Å². The number of nitrogens with one attached hydrogen (secondary N) is 1. The van der Waals surface area contributed by atoms with Crippen molar-refractivity contribution in [1.82, 2.24) is 4.90 Å². The van der Waals surface area contributed by atoms with E-state index < -0.39 is 0 Å². The Bertz CT molecular complexity index is 696. The molecule has 0 aliphatic heterocycles. The Kier molecular flexibility index (Phi) is 6.43. The van der Waals surface area contributed by atoms with Gasteiger partial charge in [-0.25, -0.2) is 0 Å². The van der Waals surface area contributed by atoms with Crippen LogP contribution >= 0.6 is 23.1 Å². The molecule has 2 aromatic rings. The first-order chi connectivity index (χ1) is 11.1. The van der Waals surface area contributed by atoms with Crippen molar-refractivity contribution in [1.29, 1.82) is 0 Å². The lowest BCUT2D eigenvalue weighted by atomic mass is 10.3. The molecule has 0 atom stereocenters. The number of benzene rings is 1. The van der Waals surface area contributed by atoms with Gasteiger partial charge in [0.15, 0.2) is 0 Å². The van der Waals surface area contributed by atoms with Gasteiger partial charge in [-0.15, -0.1) is 23.1 Å². The molecule has 2 amide bonds. The third kappa shape index (κ3) is 5.26. The van der Waals surface area contributed by atoms with Crippen molar-refractivity contribution in [2.75, 3.05) is 25.2 Å². The van der Waals surface area contributed by atoms with Gasteiger partial charge in [-0.2, -0.15) is 0 Å². The molecule has 0 spiro atoms. The first-order valence-corrected chi connectivity index (χ1v) is 9.10. The molecule has 1 N–H and O–H groups in total. The summed E-state index contributed by atoms with van der Waals surface area (Å²) >= 11 is 3.12. The van der Waals surface area contributed by atoms with Gasteiger partial charge in [-0.3, -0.25) is 9.59 Å². The first-order valence-electron chi connectivity index (χ1n) is 6.99. The summed E-state index contributed by atoms with van der Waals surface area (Å²) in [6.45, 7) is 0.0102. The van der Waals surface area contributed by atoms with Crippen LogP contribution in [0.3, 0.4) is 0 Å². The summed E-state index contributed by atoms with van der Waals surface area (Å²) in [5, 5.41) is 4.79. The molecule has 6 heteroatoms. The summed E-state index contributed by atoms with van der Waals surface area (Å²) in [4.78, 5) is 27.5. The number of rotatable bonds is 6. The molecule has 0 saturated heterocycles. The number of anilines is 1. The van der Waals surface area contributed by atoms with Crippen LogP contribution in [0.5, 0.6) is 0 Å². The van der Waals surface area contributed by atoms with Crippen molar-refractivity contribution in [3.63, 3.8) is 0 Å². The van der Waals surface area contributed by atoms with Crippen LogP contribution in [0.4, 0.5) is 5.69 Å². The molecule has 0 fully saturated rings. The number of thiophene rings is 1. The number of thioether (sulfide) groups is 1. The van der Waals surface area contributed by atoms with Crippen LogP contribution in [-0.2, 0) is 9.59 Å². The van der Waals surface area contributed by atoms with E-state index in [1.807, 2.05) is 48.0 Å². The second-order valence-corrected chi connectivity index (χ2v) is 6.62. The van der Waals surface area contributed by atoms with Gasteiger partial charge in [-0.05, 0) is 35.9 Å². The van der Waals surface area contributed by atoms with Crippen molar-refractivity contribution in [2.45, 2.75) is 4.90 Å². The number of hydrogen-bond donors (Lipinski definition) is 1. The Balaban J connectivity index is 1.90. The van der Waals surface area contributed by atoms with Gasteiger partial charge in [0, 0.05) is 22.9 Å². The van der Waals surface area contributed by atoms with Crippen molar-refractivity contribution in [3.05, 3.63) is 52.7 Å². The average Bonchev–Trinajstić information content (AvgIpc) is 3.06. The van der Waals surface area contributed by atoms with E-state index in [0.29, 0.717) is 0 Å². The Morgan fingerprint density at radius 1 is 1.26 bits per heavy atom. The summed E-state index contributed by atoms with van der Waals surface area (Å²) in [6, 6.07) is 11.4. The van der Waals surface area contributed by atoms with Gasteiger partial charge in [-0.1, -0.05) is 18.2 Å². The largest absolute Gasteiger partial charge is 0.333 e. The molecule has 0 aliphatic carbocycles. The highest BCUT2D eigenvalue weighted by Gasteiger charge is 2.12. The first kappa shape index (κ1) is 17.3. The molecule has 0 radical (unpaired) electrons. The molecule has 0 saturated carbocycles. The van der Waals surface area contributed by atoms with Crippen LogP contribution in [0.2, 0.25) is 0 Å². The molecule has 4 nitrogen and oxygen atoms in total. The highest BCUT2D eigenvalue weighted by Crippen LogP contribution is 2.24. The fraction of sp³-hybridized carbons (Fsp3) is 0.176. The lowest BCUT2D eigenvalue weighted by Gasteiger charge is -2.15. The summed E-state index contributed by atoms with van der Waals surface area (Å²) in [5.74, 6) is -0.418. The van der Waals surface area contributed by atoms with Crippen LogP contribution in [0.25, 0.3) is 6.08 Å². The van der Waals surface area contributed by atoms with Gasteiger partial charge in [0.25, 0.3) is 0 Å². The smallest absolute Gasteiger partial charge is 0.246 e. The molecular weight excluding hydrogens is 328 g/mol. The van der Waals surface area contributed by atoms with Crippen LogP contribution in [0.1, 0.15) is 4.88 Å². The SMILES string of the molecule is CSc1ccccc1NC(=O)CN(C)C(=O)C=Cc1cccs1. The van der Waals surface area contributed by atoms with E-state index in [4.69, 9.17) is 0 Å². The number of hydrogen-bond acceptors (Lipinski definition) is 4. The fourth-order valence-electron chi connectivity index (χ4n) is 1.90. The summed E-state index contributed by atoms with van der Waals surface area (Å²) < 4.78 is 0. The van der Waals surface area contributed by atoms with Crippen LogP contribution in [-0.4, -0.2) is 36.6 Å². The Morgan fingerprint density at radius 3 is 2.74 bits per heavy atom. The second kappa shape index (κ2) is 8.55. The highest BCUT2D eigenvalue weighted by molar-refractivity contribution is 7.98. The molecule has 1 aromatic carbocycles. The molecule has 1 aromatic heterocycles. The second-order valence-electron chi connectivity index (χ2n) is 4.79. The maximum absolute atomic E-state index is 12.1. The topological polar surface area (TPSA) is 49.4 Å². The lowest BCUT2D eigenvalue weighted by Crippen LogP contribution is -2.33. The summed E-state index contributed by atoms with van der Waals surface area (Å²) in [5.41, 5.74) is 0.764. The van der Waals surface area contributed by atoms with Crippen molar-refractivity contribution >= 4 is 46.7 Å². The van der Waals surface area contributed by atoms with Gasteiger partial charge in [0.1, 0.15) is 0 Å². The van der Waals surface area contributed by atoms with E-state index in [1.54, 1.807) is 36.2 Å². The van der Waals surface area contributed by atoms with E-state index in [1.165, 1.54) is 11.0 Å². The van der Waals surface area contributed by atoms with Gasteiger partial charge in [0.05, 0.1) is 12.2 Å². The van der Waals surface area contributed by atoms with Gasteiger partial charge in [0.2, 0.25) is 11.8 Å². The number of nitrogens with zero attached hydrogens (tertiary/aromatic N) is 1. The Labute approximate surface area is 144 Å². The number of carbonyl (C=O) groups is 2. The maximum Gasteiger partial charge on any atom is 0.246 e. The molecule has 23 heavy (non-hydrogen) atoms. The molecule has 120 valence electrons. The lowest BCUT2D eigenvalue weighted by molar-refractivity contribution is -0.129. The van der Waals surface area contributed by atoms with E-state index in [-0.39, 0.29) is 18.4 Å². The minimum Gasteiger partial charge on any atom is -0.333 e. The zero-order chi connectivity index (χ0) is 16.7. The molecule has 0 aliphatic rings. The molecule has 2 rings (SSSR count). The standard InChI is InChI=1S/C17H18N2O2S2/c1-19(17(21)10-9-13-6-5-11-23-13)12-16(20)18-14-7-3-4-8-15(14)22-2/h3-11H,12H2,1-2H3,(H,18,20). The minimum absolute atomic E-state index is 0.0102. The normalized spacial score (nSPS) is 10.7. The quantitative estimate of drug-likeness (QED) is 0.642. The highest BCUT2D eigenvalue weighted by atomic mass is 32.2. The van der Waals surface area contributed by atoms with E-state index in [2.05, 4.69) is 5.32 Å². The Hall–Kier alpha value is -2.05. The number of carbonyl (C=O) groups excluding carboxylic acids is 2. The summed E-state index contributed by atoms with van der Waals surface area (Å²) in [7, 11) is 1.61. The number of amides is 2. The monoisotopic (exact) mass is 346 g/mol. The molecule has 1 heterocycles. The van der Waals surface area contributed by atoms with Crippen molar-refractivity contribution < 1.29 is 9.59 Å². The number of likely N-dealkylation sites (N-methyl/N-ethyl adjacent to an activating group) is 1. The number of para-hydroxylation sites is 1. The van der Waals surface area contributed by atoms with Crippen LogP contribution < -0.4 is 5.32 Å². The molecule has 0 unspecified atom stereocenters. The Morgan fingerprint density at radius 2 is 2.04 bits per heavy atom. The zero-order valence-corrected chi connectivity index (χ0v) is 14.6. The van der Waals surface area contributed by atoms with Crippen LogP contribution in [0.15, 0.2) is 52.7 Å². The van der Waals surface area contributed by atoms with Crippen molar-refractivity contribution in [2.24, 2.45) is 0 Å². The predicted octanol–water partition coefficient (Wildman–Crippen LogP) is 3.58. The van der Waals surface area contributed by atoms with E-state index in [9.17, 15) is 9.59 Å². The third-order valence-electron chi connectivity index (χ3n) is 3.07.